The zero-order valence-corrected chi connectivity index (χ0v) is 8.95. The molecule has 0 aliphatic heterocycles. The Morgan fingerprint density at radius 3 is 2.67 bits per heavy atom. The Kier molecular flexibility index (Phi) is 3.80. The zero-order chi connectivity index (χ0) is 11.4. The van der Waals surface area contributed by atoms with Crippen LogP contribution < -0.4 is 0 Å². The molecule has 0 heterocycles. The van der Waals surface area contributed by atoms with Crippen molar-refractivity contribution < 1.29 is 9.72 Å². The average molecular weight is 228 g/mol. The molecule has 0 aromatic heterocycles. The van der Waals surface area contributed by atoms with Crippen LogP contribution in [-0.2, 0) is 11.2 Å². The molecule has 0 aliphatic rings. The molecule has 1 aromatic carbocycles. The number of aryl methyl sites for hydroxylation is 1. The highest BCUT2D eigenvalue weighted by atomic mass is 35.5. The van der Waals surface area contributed by atoms with Gasteiger partial charge < -0.3 is 4.79 Å². The molecule has 0 fully saturated rings. The van der Waals surface area contributed by atoms with Crippen LogP contribution in [0.3, 0.4) is 0 Å². The molecule has 0 spiro atoms. The monoisotopic (exact) mass is 227 g/mol. The van der Waals surface area contributed by atoms with Crippen molar-refractivity contribution >= 4 is 23.1 Å². The van der Waals surface area contributed by atoms with Gasteiger partial charge in [-0.1, -0.05) is 11.6 Å². The maximum Gasteiger partial charge on any atom is 0.271 e. The van der Waals surface area contributed by atoms with Crippen molar-refractivity contribution in [3.8, 4) is 0 Å². The van der Waals surface area contributed by atoms with E-state index in [1.807, 2.05) is 0 Å². The predicted molar refractivity (Wildman–Crippen MR) is 57.1 cm³/mol. The summed E-state index contributed by atoms with van der Waals surface area (Å²) in [6.07, 6.45) is 0.855. The van der Waals surface area contributed by atoms with Gasteiger partial charge in [0.05, 0.1) is 4.92 Å². The Bertz CT molecular complexity index is 404. The van der Waals surface area contributed by atoms with Crippen LogP contribution in [0.5, 0.6) is 0 Å². The average Bonchev–Trinajstić information content (AvgIpc) is 2.13. The molecule has 5 heteroatoms. The third-order valence-electron chi connectivity index (χ3n) is 1.92. The van der Waals surface area contributed by atoms with Crippen LogP contribution in [0.15, 0.2) is 18.2 Å². The number of ketones is 1. The summed E-state index contributed by atoms with van der Waals surface area (Å²) in [5.74, 6) is 0.0534. The summed E-state index contributed by atoms with van der Waals surface area (Å²) in [6, 6.07) is 4.37. The number of non-ortho nitro benzene ring substituents is 1. The minimum Gasteiger partial charge on any atom is -0.300 e. The maximum absolute atomic E-state index is 10.8. The van der Waals surface area contributed by atoms with Gasteiger partial charge in [0.15, 0.2) is 0 Å². The highest BCUT2D eigenvalue weighted by molar-refractivity contribution is 6.30. The molecule has 1 rings (SSSR count). The van der Waals surface area contributed by atoms with Crippen molar-refractivity contribution in [1.29, 1.82) is 0 Å². The third kappa shape index (κ3) is 3.67. The number of nitro groups is 1. The van der Waals surface area contributed by atoms with Crippen molar-refractivity contribution in [3.05, 3.63) is 38.9 Å². The number of nitrogens with zero attached hydrogens (tertiary/aromatic N) is 1. The first kappa shape index (κ1) is 11.7. The quantitative estimate of drug-likeness (QED) is 0.587. The van der Waals surface area contributed by atoms with Crippen molar-refractivity contribution in [1.82, 2.24) is 0 Å². The Morgan fingerprint density at radius 1 is 1.47 bits per heavy atom. The fourth-order valence-electron chi connectivity index (χ4n) is 1.20. The molecule has 1 aromatic rings. The highest BCUT2D eigenvalue weighted by Gasteiger charge is 2.09. The lowest BCUT2D eigenvalue weighted by Crippen LogP contribution is -1.95. The molecule has 0 N–H and O–H groups in total. The number of hydrogen-bond donors (Lipinski definition) is 0. The van der Waals surface area contributed by atoms with E-state index in [2.05, 4.69) is 0 Å². The van der Waals surface area contributed by atoms with Crippen LogP contribution in [0.1, 0.15) is 18.9 Å². The van der Waals surface area contributed by atoms with E-state index >= 15 is 0 Å². The summed E-state index contributed by atoms with van der Waals surface area (Å²) < 4.78 is 0. The Hall–Kier alpha value is -1.42. The van der Waals surface area contributed by atoms with Gasteiger partial charge >= 0.3 is 0 Å². The zero-order valence-electron chi connectivity index (χ0n) is 8.20. The number of nitro benzene ring substituents is 1. The Balaban J connectivity index is 2.88. The summed E-state index contributed by atoms with van der Waals surface area (Å²) >= 11 is 5.72. The fourth-order valence-corrected chi connectivity index (χ4v) is 1.46. The number of halogens is 1. The number of hydrogen-bond acceptors (Lipinski definition) is 3. The number of carbonyl (C=O) groups excluding carboxylic acids is 1. The second kappa shape index (κ2) is 4.89. The minimum atomic E-state index is -0.497. The van der Waals surface area contributed by atoms with Crippen molar-refractivity contribution in [2.45, 2.75) is 19.8 Å². The van der Waals surface area contributed by atoms with Gasteiger partial charge in [0.2, 0.25) is 0 Å². The number of benzene rings is 1. The van der Waals surface area contributed by atoms with E-state index in [4.69, 9.17) is 11.6 Å². The smallest absolute Gasteiger partial charge is 0.271 e. The largest absolute Gasteiger partial charge is 0.300 e. The van der Waals surface area contributed by atoms with Gasteiger partial charge in [-0.2, -0.15) is 0 Å². The maximum atomic E-state index is 10.8. The van der Waals surface area contributed by atoms with Crippen LogP contribution in [-0.4, -0.2) is 10.7 Å². The van der Waals surface area contributed by atoms with E-state index in [9.17, 15) is 14.9 Å². The second-order valence-electron chi connectivity index (χ2n) is 3.28. The van der Waals surface area contributed by atoms with E-state index < -0.39 is 4.92 Å². The van der Waals surface area contributed by atoms with Crippen LogP contribution in [0.25, 0.3) is 0 Å². The molecule has 0 unspecified atom stereocenters. The van der Waals surface area contributed by atoms with E-state index in [0.717, 1.165) is 0 Å². The lowest BCUT2D eigenvalue weighted by Gasteiger charge is -2.00. The molecule has 4 nitrogen and oxygen atoms in total. The molecule has 0 radical (unpaired) electrons. The first-order chi connectivity index (χ1) is 6.99. The molecule has 0 amide bonds. The van der Waals surface area contributed by atoms with E-state index in [-0.39, 0.29) is 11.5 Å². The van der Waals surface area contributed by atoms with Gasteiger partial charge in [-0.3, -0.25) is 10.1 Å². The summed E-state index contributed by atoms with van der Waals surface area (Å²) in [5, 5.41) is 10.8. The van der Waals surface area contributed by atoms with Gasteiger partial charge in [-0.15, -0.1) is 0 Å². The van der Waals surface area contributed by atoms with Crippen LogP contribution in [0.2, 0.25) is 5.02 Å². The van der Waals surface area contributed by atoms with Crippen LogP contribution in [0.4, 0.5) is 5.69 Å². The van der Waals surface area contributed by atoms with Crippen LogP contribution in [0, 0.1) is 10.1 Å². The Morgan fingerprint density at radius 2 is 2.13 bits per heavy atom. The predicted octanol–water partition coefficient (Wildman–Crippen LogP) is 2.77. The lowest BCUT2D eigenvalue weighted by molar-refractivity contribution is -0.384. The Labute approximate surface area is 92.0 Å². The SMILES string of the molecule is CC(=O)CCc1cc(Cl)cc([N+](=O)[O-])c1. The summed E-state index contributed by atoms with van der Waals surface area (Å²) in [6.45, 7) is 1.49. The molecule has 0 aliphatic carbocycles. The molecular weight excluding hydrogens is 218 g/mol. The topological polar surface area (TPSA) is 60.2 Å². The summed E-state index contributed by atoms with van der Waals surface area (Å²) in [7, 11) is 0. The molecule has 80 valence electrons. The first-order valence-corrected chi connectivity index (χ1v) is 4.80. The molecule has 0 saturated heterocycles. The second-order valence-corrected chi connectivity index (χ2v) is 3.71. The van der Waals surface area contributed by atoms with Gasteiger partial charge in [-0.05, 0) is 25.0 Å². The normalized spacial score (nSPS) is 10.0. The van der Waals surface area contributed by atoms with E-state index in [1.54, 1.807) is 6.07 Å². The first-order valence-electron chi connectivity index (χ1n) is 4.42. The number of carbonyl (C=O) groups is 1. The molecular formula is C10H10ClNO3. The van der Waals surface area contributed by atoms with Crippen molar-refractivity contribution in [3.63, 3.8) is 0 Å². The van der Waals surface area contributed by atoms with Crippen LogP contribution >= 0.6 is 11.6 Å². The van der Waals surface area contributed by atoms with Gasteiger partial charge in [-0.25, -0.2) is 0 Å². The van der Waals surface area contributed by atoms with E-state index in [1.165, 1.54) is 19.1 Å². The summed E-state index contributed by atoms with van der Waals surface area (Å²) in [4.78, 5) is 20.8. The number of rotatable bonds is 4. The van der Waals surface area contributed by atoms with Crippen molar-refractivity contribution in [2.75, 3.05) is 0 Å². The molecule has 0 saturated carbocycles. The standard InChI is InChI=1S/C10H10ClNO3/c1-7(13)2-3-8-4-9(11)6-10(5-8)12(14)15/h4-6H,2-3H2,1H3. The van der Waals surface area contributed by atoms with E-state index in [0.29, 0.717) is 23.4 Å². The fraction of sp³-hybridized carbons (Fsp3) is 0.300. The molecule has 0 bridgehead atoms. The van der Waals surface area contributed by atoms with Gasteiger partial charge in [0.25, 0.3) is 5.69 Å². The van der Waals surface area contributed by atoms with Gasteiger partial charge in [0, 0.05) is 23.6 Å². The third-order valence-corrected chi connectivity index (χ3v) is 2.14. The molecule has 15 heavy (non-hydrogen) atoms. The highest BCUT2D eigenvalue weighted by Crippen LogP contribution is 2.21. The minimum absolute atomic E-state index is 0.0407. The summed E-state index contributed by atoms with van der Waals surface area (Å²) in [5.41, 5.74) is 0.672. The lowest BCUT2D eigenvalue weighted by atomic mass is 10.1. The molecule has 0 atom stereocenters. The van der Waals surface area contributed by atoms with Gasteiger partial charge in [0.1, 0.15) is 5.78 Å². The number of Topliss-reactive ketones (excluding diaryl/α,β-unsaturated/α-hetero) is 1. The van der Waals surface area contributed by atoms with Crippen molar-refractivity contribution in [2.24, 2.45) is 0 Å².